The molecule has 13 heteroatoms. The largest absolute Gasteiger partial charge is 0.524 e. The first-order valence-electron chi connectivity index (χ1n) is 14.9. The van der Waals surface area contributed by atoms with Gasteiger partial charge in [0, 0.05) is 31.5 Å². The molecule has 0 aliphatic carbocycles. The summed E-state index contributed by atoms with van der Waals surface area (Å²) in [5.74, 6) is -2.75. The fraction of sp³-hybridized carbons (Fsp3) is 0.484. The number of hydrogen-bond donors (Lipinski definition) is 5. The van der Waals surface area contributed by atoms with Crippen molar-refractivity contribution >= 4 is 31.5 Å². The third kappa shape index (κ3) is 13.7. The van der Waals surface area contributed by atoms with Gasteiger partial charge in [-0.3, -0.25) is 29.0 Å². The average molecular weight is 634 g/mol. The highest BCUT2D eigenvalue weighted by molar-refractivity contribution is 7.46. The normalized spacial score (nSPS) is 12.5. The standard InChI is InChI=1S/C31H44N3O9P/c1-3-5-10-20-34(21-11-6-4-2)31(39)26(18-19-28(35)36)32-30(38)27(33-29(37)24-12-8-7-9-13-24)22-23-14-16-25(17-15-23)43-44(40,41)42/h7-9,12-17,26-27H,3-6,10-11,18-22H2,1-2H3,(H,32,38)(H,33,37)(H,35,36)(H2,40,41,42)/t26-,27-/m0/s1. The molecular weight excluding hydrogens is 589 g/mol. The van der Waals surface area contributed by atoms with Crippen LogP contribution >= 0.6 is 7.82 Å². The first kappa shape index (κ1) is 36.5. The Bertz CT molecular complexity index is 1240. The van der Waals surface area contributed by atoms with Gasteiger partial charge < -0.3 is 25.2 Å². The molecule has 0 saturated carbocycles. The van der Waals surface area contributed by atoms with Gasteiger partial charge in [0.25, 0.3) is 5.91 Å². The molecule has 44 heavy (non-hydrogen) atoms. The van der Waals surface area contributed by atoms with Gasteiger partial charge in [-0.1, -0.05) is 69.9 Å². The summed E-state index contributed by atoms with van der Waals surface area (Å²) in [6, 6.07) is 11.6. The minimum Gasteiger partial charge on any atom is -0.481 e. The Kier molecular flexibility index (Phi) is 15.6. The van der Waals surface area contributed by atoms with Gasteiger partial charge in [-0.05, 0) is 49.1 Å². The van der Waals surface area contributed by atoms with Crippen molar-refractivity contribution < 1.29 is 43.2 Å². The summed E-state index contributed by atoms with van der Waals surface area (Å²) in [7, 11) is -4.76. The number of carboxylic acids is 1. The molecule has 2 aromatic rings. The zero-order valence-electron chi connectivity index (χ0n) is 25.3. The van der Waals surface area contributed by atoms with Crippen LogP contribution in [0.3, 0.4) is 0 Å². The predicted molar refractivity (Wildman–Crippen MR) is 165 cm³/mol. The second kappa shape index (κ2) is 18.8. The van der Waals surface area contributed by atoms with Gasteiger partial charge in [-0.25, -0.2) is 4.57 Å². The summed E-state index contributed by atoms with van der Waals surface area (Å²) in [4.78, 5) is 71.7. The quantitative estimate of drug-likeness (QED) is 0.106. The van der Waals surface area contributed by atoms with Crippen LogP contribution in [0.25, 0.3) is 0 Å². The van der Waals surface area contributed by atoms with E-state index < -0.39 is 37.7 Å². The monoisotopic (exact) mass is 633 g/mol. The minimum absolute atomic E-state index is 0.0306. The molecule has 0 aromatic heterocycles. The van der Waals surface area contributed by atoms with Gasteiger partial charge in [-0.15, -0.1) is 0 Å². The van der Waals surface area contributed by atoms with Crippen LogP contribution in [0.2, 0.25) is 0 Å². The number of carbonyl (C=O) groups excluding carboxylic acids is 3. The third-order valence-corrected chi connectivity index (χ3v) is 7.33. The Morgan fingerprint density at radius 1 is 0.841 bits per heavy atom. The molecule has 3 amide bonds. The molecule has 0 aliphatic heterocycles. The maximum atomic E-state index is 13.7. The number of aliphatic carboxylic acids is 1. The van der Waals surface area contributed by atoms with E-state index in [0.717, 1.165) is 38.5 Å². The molecular formula is C31H44N3O9P. The Morgan fingerprint density at radius 3 is 1.95 bits per heavy atom. The van der Waals surface area contributed by atoms with E-state index in [2.05, 4.69) is 29.0 Å². The number of carbonyl (C=O) groups is 4. The smallest absolute Gasteiger partial charge is 0.481 e. The second-order valence-electron chi connectivity index (χ2n) is 10.6. The van der Waals surface area contributed by atoms with E-state index in [0.29, 0.717) is 24.2 Å². The number of amides is 3. The third-order valence-electron chi connectivity index (χ3n) is 6.88. The molecule has 0 fully saturated rings. The number of hydrogen-bond acceptors (Lipinski definition) is 6. The molecule has 242 valence electrons. The molecule has 0 unspecified atom stereocenters. The molecule has 0 radical (unpaired) electrons. The van der Waals surface area contributed by atoms with E-state index in [1.807, 2.05) is 0 Å². The maximum Gasteiger partial charge on any atom is 0.524 e. The number of carboxylic acid groups (broad SMARTS) is 1. The molecule has 2 rings (SSSR count). The molecule has 2 aromatic carbocycles. The lowest BCUT2D eigenvalue weighted by Gasteiger charge is -2.29. The van der Waals surface area contributed by atoms with Crippen molar-refractivity contribution in [2.45, 2.75) is 83.7 Å². The first-order chi connectivity index (χ1) is 20.9. The Hall–Kier alpha value is -3.73. The van der Waals surface area contributed by atoms with Crippen molar-refractivity contribution in [3.05, 3.63) is 65.7 Å². The SMILES string of the molecule is CCCCCN(CCCCC)C(=O)[C@H](CCC(=O)O)NC(=O)[C@H](Cc1ccc(OP(=O)(O)O)cc1)NC(=O)c1ccccc1. The highest BCUT2D eigenvalue weighted by Gasteiger charge is 2.30. The van der Waals surface area contributed by atoms with E-state index in [4.69, 9.17) is 9.79 Å². The van der Waals surface area contributed by atoms with Crippen LogP contribution in [0.1, 0.15) is 81.1 Å². The Balaban J connectivity index is 2.32. The van der Waals surface area contributed by atoms with Crippen LogP contribution in [0.15, 0.2) is 54.6 Å². The molecule has 0 aliphatic rings. The lowest BCUT2D eigenvalue weighted by atomic mass is 10.0. The molecule has 2 atom stereocenters. The number of unbranched alkanes of at least 4 members (excludes halogenated alkanes) is 4. The first-order valence-corrected chi connectivity index (χ1v) is 16.5. The van der Waals surface area contributed by atoms with E-state index in [-0.39, 0.29) is 30.9 Å². The van der Waals surface area contributed by atoms with Crippen molar-refractivity contribution in [1.29, 1.82) is 0 Å². The molecule has 0 saturated heterocycles. The maximum absolute atomic E-state index is 13.7. The lowest BCUT2D eigenvalue weighted by molar-refractivity contribution is -0.139. The highest BCUT2D eigenvalue weighted by Crippen LogP contribution is 2.37. The van der Waals surface area contributed by atoms with E-state index >= 15 is 0 Å². The molecule has 0 heterocycles. The van der Waals surface area contributed by atoms with Crippen molar-refractivity contribution in [2.24, 2.45) is 0 Å². The summed E-state index contributed by atoms with van der Waals surface area (Å²) >= 11 is 0. The minimum atomic E-state index is -4.76. The summed E-state index contributed by atoms with van der Waals surface area (Å²) in [5.41, 5.74) is 0.845. The van der Waals surface area contributed by atoms with Gasteiger partial charge in [0.05, 0.1) is 0 Å². The second-order valence-corrected chi connectivity index (χ2v) is 11.7. The molecule has 0 spiro atoms. The van der Waals surface area contributed by atoms with Gasteiger partial charge in [0.1, 0.15) is 17.8 Å². The zero-order chi connectivity index (χ0) is 32.5. The number of nitrogens with zero attached hydrogens (tertiary/aromatic N) is 1. The van der Waals surface area contributed by atoms with Crippen LogP contribution in [0.5, 0.6) is 5.75 Å². The van der Waals surface area contributed by atoms with Gasteiger partial charge >= 0.3 is 13.8 Å². The van der Waals surface area contributed by atoms with Crippen molar-refractivity contribution in [3.8, 4) is 5.75 Å². The summed E-state index contributed by atoms with van der Waals surface area (Å²) in [5, 5.41) is 14.8. The van der Waals surface area contributed by atoms with E-state index in [1.165, 1.54) is 24.3 Å². The van der Waals surface area contributed by atoms with Gasteiger partial charge in [-0.2, -0.15) is 0 Å². The Labute approximate surface area is 258 Å². The summed E-state index contributed by atoms with van der Waals surface area (Å²) in [6.07, 6.45) is 4.86. The van der Waals surface area contributed by atoms with E-state index in [9.17, 15) is 28.8 Å². The lowest BCUT2D eigenvalue weighted by Crippen LogP contribution is -2.55. The number of rotatable bonds is 20. The fourth-order valence-electron chi connectivity index (χ4n) is 4.56. The zero-order valence-corrected chi connectivity index (χ0v) is 26.2. The average Bonchev–Trinajstić information content (AvgIpc) is 2.98. The topological polar surface area (TPSA) is 183 Å². The number of phosphoric acid groups is 1. The van der Waals surface area contributed by atoms with Crippen LogP contribution in [-0.2, 0) is 25.4 Å². The number of benzene rings is 2. The number of phosphoric ester groups is 1. The van der Waals surface area contributed by atoms with Crippen LogP contribution in [0.4, 0.5) is 0 Å². The predicted octanol–water partition coefficient (Wildman–Crippen LogP) is 4.06. The number of nitrogens with one attached hydrogen (secondary N) is 2. The molecule has 5 N–H and O–H groups in total. The van der Waals surface area contributed by atoms with Crippen molar-refractivity contribution in [1.82, 2.24) is 15.5 Å². The Morgan fingerprint density at radius 2 is 1.43 bits per heavy atom. The molecule has 0 bridgehead atoms. The van der Waals surface area contributed by atoms with Gasteiger partial charge in [0.15, 0.2) is 0 Å². The van der Waals surface area contributed by atoms with Crippen molar-refractivity contribution in [2.75, 3.05) is 13.1 Å². The van der Waals surface area contributed by atoms with Crippen LogP contribution < -0.4 is 15.2 Å². The highest BCUT2D eigenvalue weighted by atomic mass is 31.2. The summed E-state index contributed by atoms with van der Waals surface area (Å²) in [6.45, 7) is 5.10. The van der Waals surface area contributed by atoms with Crippen LogP contribution in [0, 0.1) is 0 Å². The van der Waals surface area contributed by atoms with E-state index in [1.54, 1.807) is 35.2 Å². The van der Waals surface area contributed by atoms with Gasteiger partial charge in [0.2, 0.25) is 11.8 Å². The molecule has 12 nitrogen and oxygen atoms in total. The van der Waals surface area contributed by atoms with Crippen LogP contribution in [-0.4, -0.2) is 68.7 Å². The fourth-order valence-corrected chi connectivity index (χ4v) is 4.95. The van der Waals surface area contributed by atoms with Crippen molar-refractivity contribution in [3.63, 3.8) is 0 Å². The summed E-state index contributed by atoms with van der Waals surface area (Å²) < 4.78 is 15.7.